The average molecular weight is 392 g/mol. The minimum absolute atomic E-state index is 0.101. The lowest BCUT2D eigenvalue weighted by molar-refractivity contribution is -0.121. The Balaban J connectivity index is 1.56. The van der Waals surface area contributed by atoms with Crippen LogP contribution in [0.5, 0.6) is 0 Å². The molecular formula is C23H25FN4O. The molecule has 4 rings (SSSR count). The largest absolute Gasteiger partial charge is 0.378 e. The van der Waals surface area contributed by atoms with Crippen molar-refractivity contribution >= 4 is 11.6 Å². The number of rotatable bonds is 5. The molecule has 0 fully saturated rings. The Labute approximate surface area is 170 Å². The van der Waals surface area contributed by atoms with Gasteiger partial charge in [0.25, 0.3) is 0 Å². The van der Waals surface area contributed by atoms with Gasteiger partial charge in [0.2, 0.25) is 5.91 Å². The smallest absolute Gasteiger partial charge is 0.224 e. The fraction of sp³-hybridized carbons (Fsp3) is 0.304. The van der Waals surface area contributed by atoms with E-state index in [-0.39, 0.29) is 24.2 Å². The van der Waals surface area contributed by atoms with Crippen molar-refractivity contribution in [1.29, 1.82) is 0 Å². The Morgan fingerprint density at radius 1 is 1.24 bits per heavy atom. The van der Waals surface area contributed by atoms with Crippen molar-refractivity contribution in [2.75, 3.05) is 19.0 Å². The monoisotopic (exact) mass is 392 g/mol. The lowest BCUT2D eigenvalue weighted by Gasteiger charge is -2.26. The van der Waals surface area contributed by atoms with Gasteiger partial charge in [0.15, 0.2) is 0 Å². The number of carbonyl (C=O) groups excluding carboxylic acids is 1. The number of aromatic nitrogens is 2. The second-order valence-electron chi connectivity index (χ2n) is 7.68. The fourth-order valence-electron chi connectivity index (χ4n) is 3.90. The highest BCUT2D eigenvalue weighted by Gasteiger charge is 2.27. The maximum atomic E-state index is 13.4. The van der Waals surface area contributed by atoms with Crippen molar-refractivity contribution < 1.29 is 9.18 Å². The van der Waals surface area contributed by atoms with Crippen LogP contribution in [0.4, 0.5) is 10.1 Å². The van der Waals surface area contributed by atoms with Crippen molar-refractivity contribution in [2.45, 2.75) is 31.8 Å². The lowest BCUT2D eigenvalue weighted by atomic mass is 9.98. The third-order valence-electron chi connectivity index (χ3n) is 5.35. The standard InChI is InChI=1S/C23H25FN4O/c1-27(2)19-10-8-17(9-11-19)22-23-20(7-4-12-28(23)15-25-22)26-21(29)14-16-5-3-6-18(24)13-16/h3,5-6,8-11,13,15,20H,4,7,12,14H2,1-2H3,(H,26,29)/t20-/m1/s1. The van der Waals surface area contributed by atoms with E-state index in [1.165, 1.54) is 12.1 Å². The molecule has 1 amide bonds. The predicted molar refractivity (Wildman–Crippen MR) is 112 cm³/mol. The van der Waals surface area contributed by atoms with E-state index < -0.39 is 0 Å². The Morgan fingerprint density at radius 3 is 2.76 bits per heavy atom. The van der Waals surface area contributed by atoms with Crippen LogP contribution in [0, 0.1) is 5.82 Å². The van der Waals surface area contributed by atoms with Crippen molar-refractivity contribution in [3.8, 4) is 11.3 Å². The van der Waals surface area contributed by atoms with Crippen LogP contribution >= 0.6 is 0 Å². The SMILES string of the molecule is CN(C)c1ccc(-c2ncn3c2[C@H](NC(=O)Cc2cccc(F)c2)CCC3)cc1. The van der Waals surface area contributed by atoms with Crippen LogP contribution in [0.15, 0.2) is 54.9 Å². The van der Waals surface area contributed by atoms with E-state index in [1.807, 2.05) is 20.4 Å². The summed E-state index contributed by atoms with van der Waals surface area (Å²) in [4.78, 5) is 19.3. The maximum Gasteiger partial charge on any atom is 0.224 e. The molecule has 1 aliphatic rings. The van der Waals surface area contributed by atoms with Gasteiger partial charge in [-0.3, -0.25) is 4.79 Å². The molecule has 150 valence electrons. The second kappa shape index (κ2) is 8.07. The number of nitrogens with one attached hydrogen (secondary N) is 1. The Bertz CT molecular complexity index is 1010. The first-order valence-electron chi connectivity index (χ1n) is 9.88. The molecule has 1 aliphatic heterocycles. The van der Waals surface area contributed by atoms with Crippen LogP contribution in [-0.2, 0) is 17.8 Å². The zero-order valence-corrected chi connectivity index (χ0v) is 16.7. The van der Waals surface area contributed by atoms with Crippen LogP contribution in [0.2, 0.25) is 0 Å². The predicted octanol–water partition coefficient (Wildman–Crippen LogP) is 3.95. The summed E-state index contributed by atoms with van der Waals surface area (Å²) in [5.74, 6) is -0.432. The summed E-state index contributed by atoms with van der Waals surface area (Å²) in [5, 5.41) is 3.14. The van der Waals surface area contributed by atoms with Crippen LogP contribution in [0.25, 0.3) is 11.3 Å². The van der Waals surface area contributed by atoms with Crippen LogP contribution in [0.3, 0.4) is 0 Å². The van der Waals surface area contributed by atoms with Crippen LogP contribution < -0.4 is 10.2 Å². The Hall–Kier alpha value is -3.15. The third-order valence-corrected chi connectivity index (χ3v) is 5.35. The Kier molecular flexibility index (Phi) is 5.34. The summed E-state index contributed by atoms with van der Waals surface area (Å²) in [6, 6.07) is 14.4. The number of aryl methyl sites for hydroxylation is 1. The zero-order valence-electron chi connectivity index (χ0n) is 16.7. The van der Waals surface area contributed by atoms with Gasteiger partial charge in [-0.05, 0) is 42.7 Å². The van der Waals surface area contributed by atoms with Gasteiger partial charge in [0.1, 0.15) is 5.82 Å². The highest BCUT2D eigenvalue weighted by molar-refractivity contribution is 5.79. The molecule has 6 heteroatoms. The number of anilines is 1. The van der Waals surface area contributed by atoms with E-state index in [1.54, 1.807) is 12.1 Å². The molecule has 2 aromatic carbocycles. The maximum absolute atomic E-state index is 13.4. The average Bonchev–Trinajstić information content (AvgIpc) is 3.13. The molecule has 5 nitrogen and oxygen atoms in total. The van der Waals surface area contributed by atoms with Gasteiger partial charge in [-0.25, -0.2) is 9.37 Å². The number of nitrogens with zero attached hydrogens (tertiary/aromatic N) is 3. The van der Waals surface area contributed by atoms with Gasteiger partial charge in [0.05, 0.1) is 30.2 Å². The Morgan fingerprint density at radius 2 is 2.03 bits per heavy atom. The van der Waals surface area contributed by atoms with Gasteiger partial charge >= 0.3 is 0 Å². The summed E-state index contributed by atoms with van der Waals surface area (Å²) in [6.45, 7) is 0.897. The zero-order chi connectivity index (χ0) is 20.4. The quantitative estimate of drug-likeness (QED) is 0.715. The highest BCUT2D eigenvalue weighted by Crippen LogP contribution is 2.34. The van der Waals surface area contributed by atoms with Crippen molar-refractivity contribution in [2.24, 2.45) is 0 Å². The number of hydrogen-bond donors (Lipinski definition) is 1. The molecule has 2 heterocycles. The molecule has 3 aromatic rings. The molecule has 0 radical (unpaired) electrons. The molecular weight excluding hydrogens is 367 g/mol. The minimum Gasteiger partial charge on any atom is -0.378 e. The number of benzene rings is 2. The van der Waals surface area contributed by atoms with E-state index in [2.05, 4.69) is 44.0 Å². The summed E-state index contributed by atoms with van der Waals surface area (Å²) < 4.78 is 15.5. The van der Waals surface area contributed by atoms with Gasteiger partial charge in [-0.2, -0.15) is 0 Å². The number of carbonyl (C=O) groups is 1. The van der Waals surface area contributed by atoms with E-state index in [9.17, 15) is 9.18 Å². The van der Waals surface area contributed by atoms with Crippen molar-refractivity contribution in [3.05, 3.63) is 71.9 Å². The molecule has 0 aliphatic carbocycles. The molecule has 0 bridgehead atoms. The van der Waals surface area contributed by atoms with Crippen molar-refractivity contribution in [3.63, 3.8) is 0 Å². The molecule has 0 saturated heterocycles. The topological polar surface area (TPSA) is 50.2 Å². The van der Waals surface area contributed by atoms with E-state index >= 15 is 0 Å². The summed E-state index contributed by atoms with van der Waals surface area (Å²) in [6.07, 6.45) is 3.86. The molecule has 0 saturated carbocycles. The minimum atomic E-state index is -0.325. The molecule has 29 heavy (non-hydrogen) atoms. The van der Waals surface area contributed by atoms with Crippen molar-refractivity contribution in [1.82, 2.24) is 14.9 Å². The number of imidazole rings is 1. The first kappa shape index (κ1) is 19.2. The fourth-order valence-corrected chi connectivity index (χ4v) is 3.90. The molecule has 0 spiro atoms. The normalized spacial score (nSPS) is 15.6. The molecule has 1 atom stereocenters. The highest BCUT2D eigenvalue weighted by atomic mass is 19.1. The number of fused-ring (bicyclic) bond motifs is 1. The van der Waals surface area contributed by atoms with Gasteiger partial charge in [-0.1, -0.05) is 24.3 Å². The van der Waals surface area contributed by atoms with E-state index in [0.717, 1.165) is 42.0 Å². The lowest BCUT2D eigenvalue weighted by Crippen LogP contribution is -2.33. The first-order chi connectivity index (χ1) is 14.0. The van der Waals surface area contributed by atoms with Gasteiger partial charge < -0.3 is 14.8 Å². The number of hydrogen-bond acceptors (Lipinski definition) is 3. The van der Waals surface area contributed by atoms with E-state index in [0.29, 0.717) is 5.56 Å². The van der Waals surface area contributed by atoms with Gasteiger partial charge in [0, 0.05) is 31.9 Å². The molecule has 1 N–H and O–H groups in total. The third kappa shape index (κ3) is 4.16. The summed E-state index contributed by atoms with van der Waals surface area (Å²) in [5.41, 5.74) is 4.79. The van der Waals surface area contributed by atoms with Crippen LogP contribution in [0.1, 0.15) is 30.1 Å². The summed E-state index contributed by atoms with van der Waals surface area (Å²) in [7, 11) is 4.02. The number of halogens is 1. The molecule has 0 unspecified atom stereocenters. The van der Waals surface area contributed by atoms with Gasteiger partial charge in [-0.15, -0.1) is 0 Å². The van der Waals surface area contributed by atoms with Crippen LogP contribution in [-0.4, -0.2) is 29.6 Å². The summed E-state index contributed by atoms with van der Waals surface area (Å²) >= 11 is 0. The second-order valence-corrected chi connectivity index (χ2v) is 7.68. The first-order valence-corrected chi connectivity index (χ1v) is 9.88. The molecule has 1 aromatic heterocycles. The van der Waals surface area contributed by atoms with E-state index in [4.69, 9.17) is 0 Å². The number of amides is 1.